The molecule has 1 aromatic heterocycles. The van der Waals surface area contributed by atoms with Gasteiger partial charge in [0.1, 0.15) is 18.0 Å². The Labute approximate surface area is 204 Å². The van der Waals surface area contributed by atoms with Gasteiger partial charge in [0.2, 0.25) is 12.1 Å². The molecule has 172 valence electrons. The fourth-order valence-corrected chi connectivity index (χ4v) is 5.61. The Morgan fingerprint density at radius 1 is 1.27 bits per heavy atom. The van der Waals surface area contributed by atoms with Crippen LogP contribution in [0.5, 0.6) is 0 Å². The van der Waals surface area contributed by atoms with Crippen molar-refractivity contribution in [3.8, 4) is 6.19 Å². The number of nitrogens with one attached hydrogen (secondary N) is 2. The summed E-state index contributed by atoms with van der Waals surface area (Å²) in [6.07, 6.45) is 4.82. The Balaban J connectivity index is 1.51. The van der Waals surface area contributed by atoms with Crippen LogP contribution < -0.4 is 15.5 Å². The van der Waals surface area contributed by atoms with E-state index < -0.39 is 5.54 Å². The van der Waals surface area contributed by atoms with E-state index in [0.29, 0.717) is 42.4 Å². The topological polar surface area (TPSA) is 107 Å². The first-order valence-corrected chi connectivity index (χ1v) is 12.3. The molecule has 1 saturated carbocycles. The SMILES string of the molecule is Cc1cc(NC(=O)C2(NC(=O)c3ccc(Br)s3)CCCC2)ccc1N1CCOCC1=NC#N. The van der Waals surface area contributed by atoms with Gasteiger partial charge in [-0.05, 0) is 71.6 Å². The molecule has 8 nitrogen and oxygen atoms in total. The Morgan fingerprint density at radius 3 is 2.73 bits per heavy atom. The van der Waals surface area contributed by atoms with E-state index in [9.17, 15) is 9.59 Å². The summed E-state index contributed by atoms with van der Waals surface area (Å²) >= 11 is 4.72. The summed E-state index contributed by atoms with van der Waals surface area (Å²) in [5.74, 6) is 0.136. The van der Waals surface area contributed by atoms with Crippen LogP contribution in [0.2, 0.25) is 0 Å². The molecule has 33 heavy (non-hydrogen) atoms. The van der Waals surface area contributed by atoms with Crippen LogP contribution in [-0.4, -0.2) is 42.9 Å². The molecular weight excluding hydrogens is 506 g/mol. The number of benzene rings is 1. The average Bonchev–Trinajstić information content (AvgIpc) is 3.45. The summed E-state index contributed by atoms with van der Waals surface area (Å²) < 4.78 is 6.29. The molecule has 2 aromatic rings. The molecule has 0 spiro atoms. The molecule has 1 saturated heterocycles. The maximum Gasteiger partial charge on any atom is 0.262 e. The standard InChI is InChI=1S/C23H24BrN5O3S/c1-15-12-16(4-5-17(15)29-10-11-32-13-20(29)26-14-25)27-22(31)23(8-2-3-9-23)28-21(30)18-6-7-19(24)33-18/h4-7,12H,2-3,8-11,13H2,1H3,(H,27,31)(H,28,30). The summed E-state index contributed by atoms with van der Waals surface area (Å²) in [7, 11) is 0. The summed E-state index contributed by atoms with van der Waals surface area (Å²) in [5, 5.41) is 15.0. The van der Waals surface area contributed by atoms with Gasteiger partial charge < -0.3 is 20.3 Å². The van der Waals surface area contributed by atoms with Crippen LogP contribution in [0, 0.1) is 18.4 Å². The Bertz CT molecular complexity index is 1130. The number of thiophene rings is 1. The zero-order valence-corrected chi connectivity index (χ0v) is 20.6. The lowest BCUT2D eigenvalue weighted by molar-refractivity contribution is -0.122. The maximum atomic E-state index is 13.3. The number of ether oxygens (including phenoxy) is 1. The average molecular weight is 530 g/mol. The Kier molecular flexibility index (Phi) is 7.12. The molecule has 2 fully saturated rings. The molecule has 1 aromatic carbocycles. The van der Waals surface area contributed by atoms with Crippen molar-refractivity contribution >= 4 is 56.3 Å². The van der Waals surface area contributed by atoms with E-state index in [4.69, 9.17) is 10.00 Å². The molecule has 1 aliphatic carbocycles. The number of rotatable bonds is 5. The van der Waals surface area contributed by atoms with Crippen molar-refractivity contribution in [2.45, 2.75) is 38.1 Å². The third-order valence-corrected chi connectivity index (χ3v) is 7.59. The summed E-state index contributed by atoms with van der Waals surface area (Å²) in [6, 6.07) is 9.22. The van der Waals surface area contributed by atoms with Gasteiger partial charge in [0.25, 0.3) is 5.91 Å². The van der Waals surface area contributed by atoms with Crippen LogP contribution in [-0.2, 0) is 9.53 Å². The molecule has 0 unspecified atom stereocenters. The van der Waals surface area contributed by atoms with Crippen LogP contribution >= 0.6 is 27.3 Å². The molecule has 0 atom stereocenters. The zero-order chi connectivity index (χ0) is 23.4. The molecule has 4 rings (SSSR count). The third kappa shape index (κ3) is 5.11. The highest BCUT2D eigenvalue weighted by Crippen LogP contribution is 2.33. The number of amides is 2. The number of nitriles is 1. The molecule has 2 heterocycles. The summed E-state index contributed by atoms with van der Waals surface area (Å²) in [6.45, 7) is 3.38. The fourth-order valence-electron chi connectivity index (χ4n) is 4.33. The molecule has 2 amide bonds. The lowest BCUT2D eigenvalue weighted by atomic mass is 9.95. The van der Waals surface area contributed by atoms with Gasteiger partial charge in [-0.1, -0.05) is 12.8 Å². The number of aryl methyl sites for hydroxylation is 1. The van der Waals surface area contributed by atoms with E-state index in [1.165, 1.54) is 11.3 Å². The highest BCUT2D eigenvalue weighted by Gasteiger charge is 2.42. The van der Waals surface area contributed by atoms with E-state index in [2.05, 4.69) is 31.6 Å². The van der Waals surface area contributed by atoms with Gasteiger partial charge in [0, 0.05) is 17.9 Å². The van der Waals surface area contributed by atoms with Crippen molar-refractivity contribution in [1.29, 1.82) is 5.26 Å². The molecule has 1 aliphatic heterocycles. The minimum atomic E-state index is -0.920. The maximum absolute atomic E-state index is 13.3. The molecule has 2 N–H and O–H groups in total. The van der Waals surface area contributed by atoms with Crippen LogP contribution in [0.4, 0.5) is 11.4 Å². The molecule has 2 aliphatic rings. The van der Waals surface area contributed by atoms with Crippen molar-refractivity contribution in [2.75, 3.05) is 30.0 Å². The minimum Gasteiger partial charge on any atom is -0.372 e. The van der Waals surface area contributed by atoms with E-state index in [1.807, 2.05) is 42.3 Å². The van der Waals surface area contributed by atoms with Crippen LogP contribution in [0.25, 0.3) is 0 Å². The second-order valence-electron chi connectivity index (χ2n) is 8.13. The van der Waals surface area contributed by atoms with Gasteiger partial charge >= 0.3 is 0 Å². The zero-order valence-electron chi connectivity index (χ0n) is 18.2. The summed E-state index contributed by atoms with van der Waals surface area (Å²) in [4.78, 5) is 32.5. The predicted molar refractivity (Wildman–Crippen MR) is 132 cm³/mol. The Morgan fingerprint density at radius 2 is 2.06 bits per heavy atom. The number of aliphatic imine (C=N–C) groups is 1. The largest absolute Gasteiger partial charge is 0.372 e. The number of carbonyl (C=O) groups is 2. The number of morpholine rings is 1. The van der Waals surface area contributed by atoms with Crippen LogP contribution in [0.1, 0.15) is 40.9 Å². The number of nitrogens with zero attached hydrogens (tertiary/aromatic N) is 3. The van der Waals surface area contributed by atoms with E-state index in [-0.39, 0.29) is 18.4 Å². The smallest absolute Gasteiger partial charge is 0.262 e. The first kappa shape index (κ1) is 23.4. The summed E-state index contributed by atoms with van der Waals surface area (Å²) in [5.41, 5.74) is 1.59. The second kappa shape index (κ2) is 10.0. The van der Waals surface area contributed by atoms with Gasteiger partial charge in [-0.3, -0.25) is 9.59 Å². The van der Waals surface area contributed by atoms with Crippen molar-refractivity contribution in [1.82, 2.24) is 5.32 Å². The van der Waals surface area contributed by atoms with Crippen LogP contribution in [0.15, 0.2) is 39.1 Å². The van der Waals surface area contributed by atoms with Gasteiger partial charge in [0.05, 0.1) is 15.3 Å². The monoisotopic (exact) mass is 529 g/mol. The number of carbonyl (C=O) groups excluding carboxylic acids is 2. The van der Waals surface area contributed by atoms with E-state index >= 15 is 0 Å². The highest BCUT2D eigenvalue weighted by atomic mass is 79.9. The van der Waals surface area contributed by atoms with E-state index in [0.717, 1.165) is 27.9 Å². The first-order chi connectivity index (χ1) is 15.9. The van der Waals surface area contributed by atoms with Crippen molar-refractivity contribution in [3.05, 3.63) is 44.6 Å². The third-order valence-electron chi connectivity index (χ3n) is 5.97. The van der Waals surface area contributed by atoms with Crippen molar-refractivity contribution in [2.24, 2.45) is 4.99 Å². The minimum absolute atomic E-state index is 0.200. The van der Waals surface area contributed by atoms with Gasteiger partial charge in [0.15, 0.2) is 0 Å². The lowest BCUT2D eigenvalue weighted by Gasteiger charge is -2.31. The predicted octanol–water partition coefficient (Wildman–Crippen LogP) is 4.22. The van der Waals surface area contributed by atoms with Crippen LogP contribution in [0.3, 0.4) is 0 Å². The van der Waals surface area contributed by atoms with Crippen molar-refractivity contribution < 1.29 is 14.3 Å². The normalized spacial score (nSPS) is 18.7. The number of hydrogen-bond donors (Lipinski definition) is 2. The van der Waals surface area contributed by atoms with E-state index in [1.54, 1.807) is 6.07 Å². The van der Waals surface area contributed by atoms with Crippen molar-refractivity contribution in [3.63, 3.8) is 0 Å². The number of amidine groups is 1. The molecule has 0 radical (unpaired) electrons. The Hall–Kier alpha value is -2.74. The molecular formula is C23H24BrN5O3S. The lowest BCUT2D eigenvalue weighted by Crippen LogP contribution is -2.54. The quantitative estimate of drug-likeness (QED) is 0.564. The number of anilines is 2. The van der Waals surface area contributed by atoms with Gasteiger partial charge in [-0.15, -0.1) is 11.3 Å². The fraction of sp³-hybridized carbons (Fsp3) is 0.391. The highest BCUT2D eigenvalue weighted by molar-refractivity contribution is 9.11. The first-order valence-electron chi connectivity index (χ1n) is 10.7. The number of halogens is 1. The molecule has 0 bridgehead atoms. The van der Waals surface area contributed by atoms with Gasteiger partial charge in [-0.25, -0.2) is 0 Å². The van der Waals surface area contributed by atoms with Gasteiger partial charge in [-0.2, -0.15) is 10.3 Å². The molecule has 10 heteroatoms. The number of hydrogen-bond acceptors (Lipinski definition) is 6. The second-order valence-corrected chi connectivity index (χ2v) is 10.6.